The van der Waals surface area contributed by atoms with Gasteiger partial charge in [0.25, 0.3) is 11.7 Å². The van der Waals surface area contributed by atoms with Gasteiger partial charge >= 0.3 is 0 Å². The van der Waals surface area contributed by atoms with Crippen LogP contribution in [0.4, 0.5) is 5.69 Å². The first-order valence-corrected chi connectivity index (χ1v) is 7.17. The van der Waals surface area contributed by atoms with E-state index in [0.717, 1.165) is 17.3 Å². The zero-order chi connectivity index (χ0) is 13.6. The first-order chi connectivity index (χ1) is 9.06. The van der Waals surface area contributed by atoms with Crippen LogP contribution in [-0.2, 0) is 9.53 Å². The summed E-state index contributed by atoms with van der Waals surface area (Å²) in [7, 11) is 0. The van der Waals surface area contributed by atoms with E-state index in [4.69, 9.17) is 4.74 Å². The first kappa shape index (κ1) is 12.8. The zero-order valence-corrected chi connectivity index (χ0v) is 12.1. The third-order valence-corrected chi connectivity index (χ3v) is 4.13. The third-order valence-electron chi connectivity index (χ3n) is 3.64. The average Bonchev–Trinajstić information content (AvgIpc) is 2.88. The largest absolute Gasteiger partial charge is 0.373 e. The molecule has 4 nitrogen and oxygen atoms in total. The third kappa shape index (κ3) is 2.21. The van der Waals surface area contributed by atoms with E-state index in [1.165, 1.54) is 0 Å². The minimum absolute atomic E-state index is 0.0247. The molecule has 0 N–H and O–H groups in total. The van der Waals surface area contributed by atoms with E-state index in [1.54, 1.807) is 17.0 Å². The van der Waals surface area contributed by atoms with Gasteiger partial charge in [-0.1, -0.05) is 15.9 Å². The molecule has 2 heterocycles. The number of fused-ring (bicyclic) bond motifs is 1. The second kappa shape index (κ2) is 4.72. The number of Topliss-reactive ketones (excluding diaryl/α,β-unsaturated/α-hetero) is 1. The van der Waals surface area contributed by atoms with Crippen LogP contribution in [0.5, 0.6) is 0 Å². The summed E-state index contributed by atoms with van der Waals surface area (Å²) in [6.45, 7) is 2.49. The molecule has 0 radical (unpaired) electrons. The van der Waals surface area contributed by atoms with E-state index in [2.05, 4.69) is 15.9 Å². The van der Waals surface area contributed by atoms with Crippen molar-refractivity contribution >= 4 is 33.3 Å². The lowest BCUT2D eigenvalue weighted by atomic mass is 10.1. The average molecular weight is 324 g/mol. The molecule has 2 aliphatic heterocycles. The number of amides is 1. The Hall–Kier alpha value is -1.20. The number of anilines is 1. The zero-order valence-electron chi connectivity index (χ0n) is 10.6. The van der Waals surface area contributed by atoms with Crippen LogP contribution in [0.25, 0.3) is 0 Å². The predicted molar refractivity (Wildman–Crippen MR) is 74.4 cm³/mol. The van der Waals surface area contributed by atoms with Gasteiger partial charge in [0.15, 0.2) is 0 Å². The molecule has 0 saturated carbocycles. The van der Waals surface area contributed by atoms with Crippen LogP contribution in [-0.4, -0.2) is 30.4 Å². The van der Waals surface area contributed by atoms with Crippen molar-refractivity contribution in [1.82, 2.24) is 0 Å². The molecule has 0 spiro atoms. The number of benzene rings is 1. The maximum Gasteiger partial charge on any atom is 0.299 e. The molecule has 2 unspecified atom stereocenters. The van der Waals surface area contributed by atoms with Gasteiger partial charge in [-0.3, -0.25) is 9.59 Å². The van der Waals surface area contributed by atoms with E-state index in [-0.39, 0.29) is 12.2 Å². The molecule has 3 rings (SSSR count). The van der Waals surface area contributed by atoms with Gasteiger partial charge in [0.05, 0.1) is 30.0 Å². The van der Waals surface area contributed by atoms with Crippen molar-refractivity contribution in [3.8, 4) is 0 Å². The smallest absolute Gasteiger partial charge is 0.299 e. The predicted octanol–water partition coefficient (Wildman–Crippen LogP) is 2.55. The van der Waals surface area contributed by atoms with Crippen molar-refractivity contribution in [3.63, 3.8) is 0 Å². The number of ether oxygens (including phenoxy) is 1. The monoisotopic (exact) mass is 323 g/mol. The molecule has 2 aliphatic rings. The van der Waals surface area contributed by atoms with Crippen molar-refractivity contribution in [3.05, 3.63) is 28.2 Å². The summed E-state index contributed by atoms with van der Waals surface area (Å²) in [5.74, 6) is -0.871. The van der Waals surface area contributed by atoms with Crippen molar-refractivity contribution in [2.45, 2.75) is 32.0 Å². The summed E-state index contributed by atoms with van der Waals surface area (Å²) >= 11 is 3.37. The van der Waals surface area contributed by atoms with Crippen molar-refractivity contribution in [2.75, 3.05) is 11.4 Å². The molecule has 0 bridgehead atoms. The van der Waals surface area contributed by atoms with E-state index in [0.29, 0.717) is 17.8 Å². The lowest BCUT2D eigenvalue weighted by Gasteiger charge is -2.21. The standard InChI is InChI=1S/C14H14BrNO3/c1-8-2-4-10(19-8)7-16-12-6-9(15)3-5-11(12)13(17)14(16)18/h3,5-6,8,10H,2,4,7H2,1H3. The number of rotatable bonds is 2. The molecule has 1 aromatic carbocycles. The Balaban J connectivity index is 1.88. The van der Waals surface area contributed by atoms with E-state index >= 15 is 0 Å². The fourth-order valence-corrected chi connectivity index (χ4v) is 3.02. The Bertz CT molecular complexity index is 558. The van der Waals surface area contributed by atoms with Crippen molar-refractivity contribution in [2.24, 2.45) is 0 Å². The van der Waals surface area contributed by atoms with Gasteiger partial charge in [-0.2, -0.15) is 0 Å². The topological polar surface area (TPSA) is 46.6 Å². The summed E-state index contributed by atoms with van der Waals surface area (Å²) in [6, 6.07) is 5.29. The van der Waals surface area contributed by atoms with Gasteiger partial charge < -0.3 is 9.64 Å². The normalized spacial score (nSPS) is 26.1. The molecule has 2 atom stereocenters. The highest BCUT2D eigenvalue weighted by Gasteiger charge is 2.38. The number of carbonyl (C=O) groups excluding carboxylic acids is 2. The Morgan fingerprint density at radius 2 is 2.16 bits per heavy atom. The quantitative estimate of drug-likeness (QED) is 0.786. The maximum atomic E-state index is 12.0. The SMILES string of the molecule is CC1CCC(CN2C(=O)C(=O)c3ccc(Br)cc32)O1. The second-order valence-electron chi connectivity index (χ2n) is 5.05. The molecule has 19 heavy (non-hydrogen) atoms. The van der Waals surface area contributed by atoms with Crippen LogP contribution in [0.3, 0.4) is 0 Å². The minimum Gasteiger partial charge on any atom is -0.373 e. The highest BCUT2D eigenvalue weighted by Crippen LogP contribution is 2.33. The molecule has 0 aromatic heterocycles. The van der Waals surface area contributed by atoms with Crippen LogP contribution in [0.15, 0.2) is 22.7 Å². The molecular weight excluding hydrogens is 310 g/mol. The van der Waals surface area contributed by atoms with Gasteiger partial charge in [-0.25, -0.2) is 0 Å². The van der Waals surface area contributed by atoms with Gasteiger partial charge in [-0.15, -0.1) is 0 Å². The number of carbonyl (C=O) groups is 2. The lowest BCUT2D eigenvalue weighted by molar-refractivity contribution is -0.114. The van der Waals surface area contributed by atoms with E-state index in [9.17, 15) is 9.59 Å². The Morgan fingerprint density at radius 1 is 1.37 bits per heavy atom. The van der Waals surface area contributed by atoms with Crippen LogP contribution < -0.4 is 4.90 Å². The van der Waals surface area contributed by atoms with Gasteiger partial charge in [0.1, 0.15) is 0 Å². The molecule has 5 heteroatoms. The number of hydrogen-bond acceptors (Lipinski definition) is 3. The van der Waals surface area contributed by atoms with E-state index < -0.39 is 11.7 Å². The molecule has 1 saturated heterocycles. The molecule has 1 amide bonds. The number of nitrogens with zero attached hydrogens (tertiary/aromatic N) is 1. The highest BCUT2D eigenvalue weighted by molar-refractivity contribution is 9.10. The fourth-order valence-electron chi connectivity index (χ4n) is 2.67. The number of ketones is 1. The van der Waals surface area contributed by atoms with Gasteiger partial charge in [-0.05, 0) is 38.0 Å². The van der Waals surface area contributed by atoms with Crippen molar-refractivity contribution in [1.29, 1.82) is 0 Å². The Kier molecular flexibility index (Phi) is 3.19. The molecule has 100 valence electrons. The summed E-state index contributed by atoms with van der Waals surface area (Å²) in [4.78, 5) is 25.5. The molecule has 0 aliphatic carbocycles. The summed E-state index contributed by atoms with van der Waals surface area (Å²) in [5, 5.41) is 0. The fraction of sp³-hybridized carbons (Fsp3) is 0.429. The highest BCUT2D eigenvalue weighted by atomic mass is 79.9. The molecule has 1 aromatic rings. The number of halogens is 1. The summed E-state index contributed by atoms with van der Waals surface area (Å²) < 4.78 is 6.60. The van der Waals surface area contributed by atoms with Crippen LogP contribution in [0.1, 0.15) is 30.1 Å². The second-order valence-corrected chi connectivity index (χ2v) is 5.97. The first-order valence-electron chi connectivity index (χ1n) is 6.37. The van der Waals surface area contributed by atoms with Crippen molar-refractivity contribution < 1.29 is 14.3 Å². The van der Waals surface area contributed by atoms with Crippen LogP contribution in [0, 0.1) is 0 Å². The number of hydrogen-bond donors (Lipinski definition) is 0. The molecular formula is C14H14BrNO3. The Labute approximate surface area is 119 Å². The van der Waals surface area contributed by atoms with Gasteiger partial charge in [0.2, 0.25) is 0 Å². The Morgan fingerprint density at radius 3 is 2.84 bits per heavy atom. The van der Waals surface area contributed by atoms with Crippen LogP contribution >= 0.6 is 15.9 Å². The van der Waals surface area contributed by atoms with Crippen LogP contribution in [0.2, 0.25) is 0 Å². The lowest BCUT2D eigenvalue weighted by Crippen LogP contribution is -2.36. The molecule has 1 fully saturated rings. The maximum absolute atomic E-state index is 12.0. The minimum atomic E-state index is -0.448. The summed E-state index contributed by atoms with van der Waals surface area (Å²) in [5.41, 5.74) is 1.17. The van der Waals surface area contributed by atoms with E-state index in [1.807, 2.05) is 13.0 Å². The summed E-state index contributed by atoms with van der Waals surface area (Å²) in [6.07, 6.45) is 2.20. The van der Waals surface area contributed by atoms with Gasteiger partial charge in [0, 0.05) is 4.47 Å².